The van der Waals surface area contributed by atoms with E-state index in [1.807, 2.05) is 51.1 Å². The van der Waals surface area contributed by atoms with Crippen molar-refractivity contribution in [3.8, 4) is 5.75 Å². The zero-order valence-corrected chi connectivity index (χ0v) is 22.5. The maximum atomic E-state index is 12.8. The van der Waals surface area contributed by atoms with Crippen LogP contribution < -0.4 is 4.74 Å². The van der Waals surface area contributed by atoms with Crippen LogP contribution in [0.2, 0.25) is 0 Å². The number of hydrogen-bond acceptors (Lipinski definition) is 6. The van der Waals surface area contributed by atoms with E-state index < -0.39 is 17.7 Å². The molecule has 1 N–H and O–H groups in total. The predicted octanol–water partition coefficient (Wildman–Crippen LogP) is 6.06. The first-order chi connectivity index (χ1) is 16.3. The average Bonchev–Trinajstić information content (AvgIpc) is 3.04. The van der Waals surface area contributed by atoms with Crippen LogP contribution in [0.15, 0.2) is 30.4 Å². The lowest BCUT2D eigenvalue weighted by atomic mass is 9.94. The van der Waals surface area contributed by atoms with Crippen LogP contribution >= 0.6 is 0 Å². The van der Waals surface area contributed by atoms with Gasteiger partial charge in [0.15, 0.2) is 5.79 Å². The van der Waals surface area contributed by atoms with Crippen molar-refractivity contribution in [1.29, 1.82) is 0 Å². The second kappa shape index (κ2) is 10.9. The number of carbonyl (C=O) groups is 1. The lowest BCUT2D eigenvalue weighted by molar-refractivity contribution is -0.148. The van der Waals surface area contributed by atoms with E-state index in [1.165, 1.54) is 0 Å². The van der Waals surface area contributed by atoms with Crippen LogP contribution in [0.4, 0.5) is 0 Å². The second-order valence-electron chi connectivity index (χ2n) is 10.8. The van der Waals surface area contributed by atoms with Gasteiger partial charge in [-0.1, -0.05) is 57.6 Å². The van der Waals surface area contributed by atoms with Gasteiger partial charge in [-0.3, -0.25) is 0 Å². The van der Waals surface area contributed by atoms with E-state index in [-0.39, 0.29) is 30.0 Å². The number of aliphatic hydroxyl groups excluding tert-OH is 1. The van der Waals surface area contributed by atoms with Crippen molar-refractivity contribution in [2.45, 2.75) is 105 Å². The fourth-order valence-electron chi connectivity index (χ4n) is 4.56. The summed E-state index contributed by atoms with van der Waals surface area (Å²) in [6, 6.07) is 3.99. The first kappa shape index (κ1) is 27.4. The number of aryl methyl sites for hydroxylation is 1. The molecule has 0 aromatic heterocycles. The molecule has 1 fully saturated rings. The summed E-state index contributed by atoms with van der Waals surface area (Å²) in [6.45, 7) is 15.4. The number of rotatable bonds is 9. The molecule has 2 heterocycles. The maximum absolute atomic E-state index is 12.8. The zero-order valence-electron chi connectivity index (χ0n) is 22.5. The fourth-order valence-corrected chi connectivity index (χ4v) is 4.56. The maximum Gasteiger partial charge on any atom is 0.345 e. The van der Waals surface area contributed by atoms with Gasteiger partial charge in [-0.2, -0.15) is 0 Å². The Bertz CT molecular complexity index is 958. The summed E-state index contributed by atoms with van der Waals surface area (Å²) in [5.41, 5.74) is 2.38. The molecule has 35 heavy (non-hydrogen) atoms. The molecule has 1 saturated heterocycles. The van der Waals surface area contributed by atoms with E-state index in [9.17, 15) is 9.90 Å². The Kier molecular flexibility index (Phi) is 8.51. The molecule has 1 aromatic rings. The number of hydrogen-bond donors (Lipinski definition) is 1. The highest BCUT2D eigenvalue weighted by atomic mass is 16.8. The molecule has 6 heteroatoms. The van der Waals surface area contributed by atoms with Gasteiger partial charge in [-0.05, 0) is 56.7 Å². The highest BCUT2D eigenvalue weighted by Gasteiger charge is 2.42. The second-order valence-corrected chi connectivity index (χ2v) is 10.8. The van der Waals surface area contributed by atoms with Crippen LogP contribution in [0.25, 0.3) is 6.08 Å². The number of benzene rings is 1. The Morgan fingerprint density at radius 3 is 2.40 bits per heavy atom. The van der Waals surface area contributed by atoms with Gasteiger partial charge in [0.2, 0.25) is 5.79 Å². The Hall–Kier alpha value is -2.15. The fraction of sp³-hybridized carbons (Fsp3) is 0.621. The molecule has 2 aliphatic rings. The van der Waals surface area contributed by atoms with E-state index in [4.69, 9.17) is 18.9 Å². The van der Waals surface area contributed by atoms with E-state index in [0.717, 1.165) is 24.0 Å². The molecule has 1 aromatic carbocycles. The number of cyclic esters (lactones) is 1. The summed E-state index contributed by atoms with van der Waals surface area (Å²) in [7, 11) is 0. The molecule has 1 unspecified atom stereocenters. The SMILES string of the molecule is CCCc1cc(/C=C/C[C@@H]2OC(C)(C)O[C@@H]2C(C)/C=C\[C@@H](C)[C@H](C)O)c2c(c1)OC(C)(C)OC2=O. The van der Waals surface area contributed by atoms with Gasteiger partial charge in [0, 0.05) is 19.8 Å². The topological polar surface area (TPSA) is 74.2 Å². The van der Waals surface area contributed by atoms with Crippen LogP contribution in [0.5, 0.6) is 5.75 Å². The minimum absolute atomic E-state index is 0.0691. The highest BCUT2D eigenvalue weighted by molar-refractivity contribution is 5.97. The molecule has 5 atom stereocenters. The summed E-state index contributed by atoms with van der Waals surface area (Å²) in [4.78, 5) is 12.8. The predicted molar refractivity (Wildman–Crippen MR) is 137 cm³/mol. The third kappa shape index (κ3) is 6.96. The van der Waals surface area contributed by atoms with Crippen molar-refractivity contribution in [3.63, 3.8) is 0 Å². The molecular formula is C29H42O6. The number of ether oxygens (including phenoxy) is 4. The summed E-state index contributed by atoms with van der Waals surface area (Å²) >= 11 is 0. The summed E-state index contributed by atoms with van der Waals surface area (Å²) in [6.07, 6.45) is 10.0. The van der Waals surface area contributed by atoms with E-state index in [1.54, 1.807) is 20.8 Å². The van der Waals surface area contributed by atoms with Gasteiger partial charge in [-0.15, -0.1) is 0 Å². The van der Waals surface area contributed by atoms with Crippen molar-refractivity contribution in [1.82, 2.24) is 0 Å². The summed E-state index contributed by atoms with van der Waals surface area (Å²) < 4.78 is 23.9. The van der Waals surface area contributed by atoms with Crippen molar-refractivity contribution in [2.75, 3.05) is 0 Å². The Balaban J connectivity index is 1.81. The Morgan fingerprint density at radius 2 is 1.74 bits per heavy atom. The molecule has 2 aliphatic heterocycles. The minimum Gasteiger partial charge on any atom is -0.452 e. The molecule has 0 amide bonds. The zero-order chi connectivity index (χ0) is 26.0. The first-order valence-corrected chi connectivity index (χ1v) is 12.8. The van der Waals surface area contributed by atoms with E-state index >= 15 is 0 Å². The van der Waals surface area contributed by atoms with E-state index in [2.05, 4.69) is 19.9 Å². The molecule has 0 aliphatic carbocycles. The molecule has 6 nitrogen and oxygen atoms in total. The van der Waals surface area contributed by atoms with Gasteiger partial charge < -0.3 is 24.1 Å². The summed E-state index contributed by atoms with van der Waals surface area (Å²) in [5.74, 6) is -1.28. The molecule has 3 rings (SSSR count). The molecule has 0 saturated carbocycles. The molecule has 0 radical (unpaired) electrons. The van der Waals surface area contributed by atoms with Crippen LogP contribution in [0.3, 0.4) is 0 Å². The van der Waals surface area contributed by atoms with Gasteiger partial charge in [0.05, 0.1) is 18.3 Å². The first-order valence-electron chi connectivity index (χ1n) is 12.8. The smallest absolute Gasteiger partial charge is 0.345 e. The number of fused-ring (bicyclic) bond motifs is 1. The van der Waals surface area contributed by atoms with Gasteiger partial charge >= 0.3 is 5.97 Å². The quantitative estimate of drug-likeness (QED) is 0.338. The molecular weight excluding hydrogens is 444 g/mol. The van der Waals surface area contributed by atoms with Crippen molar-refractivity contribution in [3.05, 3.63) is 47.1 Å². The highest BCUT2D eigenvalue weighted by Crippen LogP contribution is 2.37. The number of esters is 1. The molecule has 0 spiro atoms. The number of carbonyl (C=O) groups excluding carboxylic acids is 1. The van der Waals surface area contributed by atoms with Crippen LogP contribution in [0, 0.1) is 11.8 Å². The minimum atomic E-state index is -0.987. The van der Waals surface area contributed by atoms with E-state index in [0.29, 0.717) is 17.7 Å². The van der Waals surface area contributed by atoms with Crippen LogP contribution in [0.1, 0.15) is 89.7 Å². The summed E-state index contributed by atoms with van der Waals surface area (Å²) in [5, 5.41) is 9.79. The lowest BCUT2D eigenvalue weighted by Gasteiger charge is -2.32. The third-order valence-corrected chi connectivity index (χ3v) is 6.51. The lowest BCUT2D eigenvalue weighted by Crippen LogP contribution is -2.39. The Morgan fingerprint density at radius 1 is 1.03 bits per heavy atom. The van der Waals surface area contributed by atoms with Gasteiger partial charge in [-0.25, -0.2) is 4.79 Å². The normalized spacial score (nSPS) is 25.8. The van der Waals surface area contributed by atoms with Gasteiger partial charge in [0.1, 0.15) is 11.3 Å². The third-order valence-electron chi connectivity index (χ3n) is 6.51. The number of aliphatic hydroxyl groups is 1. The average molecular weight is 487 g/mol. The standard InChI is InChI=1S/C29H42O6/c1-9-11-21-16-22(25-24(17-21)33-29(7,8)35-27(25)31)12-10-13-23-26(34-28(5,6)32-23)19(3)15-14-18(2)20(4)30/h10,12,14-20,23,26,30H,9,11,13H2,1-8H3/b12-10+,15-14-/t18-,19?,20+,23+,26-/m1/s1. The largest absolute Gasteiger partial charge is 0.452 e. The molecule has 194 valence electrons. The van der Waals surface area contributed by atoms with Crippen molar-refractivity contribution in [2.24, 2.45) is 11.8 Å². The Labute approximate surface area is 210 Å². The van der Waals surface area contributed by atoms with Crippen molar-refractivity contribution < 1.29 is 28.8 Å². The molecule has 0 bridgehead atoms. The van der Waals surface area contributed by atoms with Crippen LogP contribution in [-0.2, 0) is 20.6 Å². The monoisotopic (exact) mass is 486 g/mol. The van der Waals surface area contributed by atoms with Crippen LogP contribution in [-0.4, -0.2) is 41.0 Å². The van der Waals surface area contributed by atoms with Crippen molar-refractivity contribution >= 4 is 12.0 Å². The van der Waals surface area contributed by atoms with Gasteiger partial charge in [0.25, 0.3) is 0 Å².